The summed E-state index contributed by atoms with van der Waals surface area (Å²) in [5.74, 6) is -0.510. The number of thiocarbonyl (C=S) groups is 1. The van der Waals surface area contributed by atoms with E-state index in [1.165, 1.54) is 7.05 Å². The number of fused-ring (bicyclic) bond motifs is 1. The zero-order chi connectivity index (χ0) is 20.6. The molecule has 0 fully saturated rings. The molecular formula is C19H26N4O3S2. The number of hydrazine groups is 1. The Morgan fingerprint density at radius 2 is 1.79 bits per heavy atom. The summed E-state index contributed by atoms with van der Waals surface area (Å²) in [6.07, 6.45) is 3.19. The van der Waals surface area contributed by atoms with Crippen LogP contribution >= 0.6 is 12.2 Å². The Labute approximate surface area is 171 Å². The Morgan fingerprint density at radius 1 is 1.07 bits per heavy atom. The van der Waals surface area contributed by atoms with Gasteiger partial charge in [-0.15, -0.1) is 0 Å². The molecule has 152 valence electrons. The number of nitrogens with zero attached hydrogens (tertiary/aromatic N) is 1. The Hall–Kier alpha value is -2.23. The number of carbonyl (C=O) groups is 1. The van der Waals surface area contributed by atoms with Gasteiger partial charge < -0.3 is 5.32 Å². The molecule has 3 N–H and O–H groups in total. The SMILES string of the molecule is CCCCCNC(=S)NNC(=O)CN(C)S(=O)(=O)c1ccc2ccccc2c1. The van der Waals surface area contributed by atoms with Gasteiger partial charge in [0.1, 0.15) is 0 Å². The van der Waals surface area contributed by atoms with Crippen LogP contribution in [0.3, 0.4) is 0 Å². The van der Waals surface area contributed by atoms with Crippen LogP contribution < -0.4 is 16.2 Å². The van der Waals surface area contributed by atoms with Crippen LogP contribution in [0.4, 0.5) is 0 Å². The third-order valence-corrected chi connectivity index (χ3v) is 6.22. The van der Waals surface area contributed by atoms with E-state index in [1.54, 1.807) is 18.2 Å². The largest absolute Gasteiger partial charge is 0.361 e. The lowest BCUT2D eigenvalue weighted by molar-refractivity contribution is -0.121. The van der Waals surface area contributed by atoms with Gasteiger partial charge in [0.05, 0.1) is 11.4 Å². The van der Waals surface area contributed by atoms with Crippen molar-refractivity contribution in [2.45, 2.75) is 31.1 Å². The van der Waals surface area contributed by atoms with E-state index >= 15 is 0 Å². The quantitative estimate of drug-likeness (QED) is 0.343. The average molecular weight is 423 g/mol. The standard InChI is InChI=1S/C19H26N4O3S2/c1-3-4-7-12-20-19(27)22-21-18(24)14-23(2)28(25,26)17-11-10-15-8-5-6-9-16(15)13-17/h5-6,8-11,13H,3-4,7,12,14H2,1-2H3,(H,21,24)(H2,20,22,27). The van der Waals surface area contributed by atoms with Crippen LogP contribution in [-0.4, -0.2) is 43.9 Å². The van der Waals surface area contributed by atoms with E-state index in [0.29, 0.717) is 11.7 Å². The third kappa shape index (κ3) is 6.15. The number of hydrogen-bond donors (Lipinski definition) is 3. The highest BCUT2D eigenvalue weighted by molar-refractivity contribution is 7.89. The predicted molar refractivity (Wildman–Crippen MR) is 115 cm³/mol. The van der Waals surface area contributed by atoms with Crippen LogP contribution in [0.1, 0.15) is 26.2 Å². The molecule has 0 spiro atoms. The van der Waals surface area contributed by atoms with E-state index in [-0.39, 0.29) is 11.4 Å². The van der Waals surface area contributed by atoms with Gasteiger partial charge in [0, 0.05) is 13.6 Å². The monoisotopic (exact) mass is 422 g/mol. The molecule has 2 aromatic rings. The maximum atomic E-state index is 12.7. The highest BCUT2D eigenvalue weighted by atomic mass is 32.2. The fourth-order valence-corrected chi connectivity index (χ4v) is 3.90. The fourth-order valence-electron chi connectivity index (χ4n) is 2.58. The summed E-state index contributed by atoms with van der Waals surface area (Å²) < 4.78 is 26.5. The van der Waals surface area contributed by atoms with Gasteiger partial charge in [0.25, 0.3) is 5.91 Å². The summed E-state index contributed by atoms with van der Waals surface area (Å²) in [7, 11) is -2.42. The van der Waals surface area contributed by atoms with Crippen LogP contribution in [0.2, 0.25) is 0 Å². The first-order valence-electron chi connectivity index (χ1n) is 9.12. The van der Waals surface area contributed by atoms with Crippen LogP contribution in [0, 0.1) is 0 Å². The van der Waals surface area contributed by atoms with Gasteiger partial charge in [-0.1, -0.05) is 50.1 Å². The molecule has 0 saturated carbocycles. The molecule has 0 aliphatic rings. The number of likely N-dealkylation sites (N-methyl/N-ethyl adjacent to an activating group) is 1. The highest BCUT2D eigenvalue weighted by Crippen LogP contribution is 2.21. The van der Waals surface area contributed by atoms with E-state index < -0.39 is 15.9 Å². The molecule has 1 amide bonds. The van der Waals surface area contributed by atoms with Gasteiger partial charge in [0.15, 0.2) is 5.11 Å². The molecule has 0 atom stereocenters. The van der Waals surface area contributed by atoms with Crippen LogP contribution in [0.15, 0.2) is 47.4 Å². The lowest BCUT2D eigenvalue weighted by atomic mass is 10.1. The summed E-state index contributed by atoms with van der Waals surface area (Å²) in [6, 6.07) is 12.4. The van der Waals surface area contributed by atoms with E-state index in [4.69, 9.17) is 12.2 Å². The summed E-state index contributed by atoms with van der Waals surface area (Å²) in [5.41, 5.74) is 4.99. The van der Waals surface area contributed by atoms with Crippen molar-refractivity contribution in [1.82, 2.24) is 20.5 Å². The molecule has 28 heavy (non-hydrogen) atoms. The van der Waals surface area contributed by atoms with Gasteiger partial charge in [-0.05, 0) is 41.5 Å². The second-order valence-corrected chi connectivity index (χ2v) is 8.86. The highest BCUT2D eigenvalue weighted by Gasteiger charge is 2.23. The van der Waals surface area contributed by atoms with E-state index in [0.717, 1.165) is 34.3 Å². The summed E-state index contributed by atoms with van der Waals surface area (Å²) in [4.78, 5) is 12.2. The second-order valence-electron chi connectivity index (χ2n) is 6.41. The maximum Gasteiger partial charge on any atom is 0.253 e. The lowest BCUT2D eigenvalue weighted by Crippen LogP contribution is -2.50. The fraction of sp³-hybridized carbons (Fsp3) is 0.368. The Morgan fingerprint density at radius 3 is 2.50 bits per heavy atom. The minimum Gasteiger partial charge on any atom is -0.361 e. The van der Waals surface area contributed by atoms with Gasteiger partial charge in [0.2, 0.25) is 10.0 Å². The molecular weight excluding hydrogens is 396 g/mol. The van der Waals surface area contributed by atoms with Crippen molar-refractivity contribution in [3.63, 3.8) is 0 Å². The summed E-state index contributed by atoms with van der Waals surface area (Å²) >= 11 is 5.06. The van der Waals surface area contributed by atoms with Crippen LogP contribution in [0.25, 0.3) is 10.8 Å². The molecule has 2 rings (SSSR count). The Balaban J connectivity index is 1.90. The van der Waals surface area contributed by atoms with Crippen molar-refractivity contribution < 1.29 is 13.2 Å². The van der Waals surface area contributed by atoms with Crippen LogP contribution in [0.5, 0.6) is 0 Å². The second kappa shape index (κ2) is 10.4. The molecule has 0 aliphatic carbocycles. The maximum absolute atomic E-state index is 12.7. The molecule has 0 saturated heterocycles. The number of unbranched alkanes of at least 4 members (excludes halogenated alkanes) is 2. The van der Waals surface area contributed by atoms with Gasteiger partial charge in [-0.3, -0.25) is 15.6 Å². The first kappa shape index (κ1) is 22.1. The molecule has 9 heteroatoms. The number of sulfonamides is 1. The minimum atomic E-state index is -3.79. The minimum absolute atomic E-state index is 0.141. The molecule has 0 aromatic heterocycles. The average Bonchev–Trinajstić information content (AvgIpc) is 2.69. The van der Waals surface area contributed by atoms with Gasteiger partial charge in [-0.2, -0.15) is 4.31 Å². The molecule has 0 aliphatic heterocycles. The summed E-state index contributed by atoms with van der Waals surface area (Å²) in [6.45, 7) is 2.49. The van der Waals surface area contributed by atoms with Crippen molar-refractivity contribution in [3.05, 3.63) is 42.5 Å². The smallest absolute Gasteiger partial charge is 0.253 e. The molecule has 0 radical (unpaired) electrons. The summed E-state index contributed by atoms with van der Waals surface area (Å²) in [5, 5.41) is 5.04. The van der Waals surface area contributed by atoms with E-state index in [2.05, 4.69) is 23.1 Å². The van der Waals surface area contributed by atoms with Gasteiger partial charge in [-0.25, -0.2) is 8.42 Å². The third-order valence-electron chi connectivity index (χ3n) is 4.18. The Bertz CT molecular complexity index is 932. The molecule has 0 bridgehead atoms. The number of hydrogen-bond acceptors (Lipinski definition) is 4. The van der Waals surface area contributed by atoms with Crippen molar-refractivity contribution in [2.24, 2.45) is 0 Å². The molecule has 0 unspecified atom stereocenters. The zero-order valence-corrected chi connectivity index (χ0v) is 17.7. The normalized spacial score (nSPS) is 11.4. The first-order valence-corrected chi connectivity index (χ1v) is 11.0. The molecule has 2 aromatic carbocycles. The number of nitrogens with one attached hydrogen (secondary N) is 3. The number of rotatable bonds is 8. The zero-order valence-electron chi connectivity index (χ0n) is 16.1. The molecule has 7 nitrogen and oxygen atoms in total. The van der Waals surface area contributed by atoms with Crippen LogP contribution in [-0.2, 0) is 14.8 Å². The first-order chi connectivity index (χ1) is 13.3. The number of amides is 1. The topological polar surface area (TPSA) is 90.5 Å². The van der Waals surface area contributed by atoms with E-state index in [9.17, 15) is 13.2 Å². The van der Waals surface area contributed by atoms with E-state index in [1.807, 2.05) is 24.3 Å². The predicted octanol–water partition coefficient (Wildman–Crippen LogP) is 2.15. The lowest BCUT2D eigenvalue weighted by Gasteiger charge is -2.18. The van der Waals surface area contributed by atoms with Crippen molar-refractivity contribution >= 4 is 44.0 Å². The number of benzene rings is 2. The van der Waals surface area contributed by atoms with Crippen molar-refractivity contribution in [2.75, 3.05) is 20.1 Å². The number of carbonyl (C=O) groups excluding carboxylic acids is 1. The molecule has 0 heterocycles. The van der Waals surface area contributed by atoms with Gasteiger partial charge >= 0.3 is 0 Å². The van der Waals surface area contributed by atoms with Crippen molar-refractivity contribution in [3.8, 4) is 0 Å². The van der Waals surface area contributed by atoms with Crippen molar-refractivity contribution in [1.29, 1.82) is 0 Å². The Kier molecular flexibility index (Phi) is 8.16.